The molecule has 0 radical (unpaired) electrons. The van der Waals surface area contributed by atoms with Crippen LogP contribution in [0.15, 0.2) is 29.3 Å². The quantitative estimate of drug-likeness (QED) is 0.456. The highest BCUT2D eigenvalue weighted by Crippen LogP contribution is 2.39. The molecule has 2 aromatic heterocycles. The molecule has 0 saturated carbocycles. The SMILES string of the molecule is Cc1sc2c(c1C)C(c1ccc(Cl)cc1)=N[C@@H](CC(=O)NC(CCN)C(=O)O)c1nnc(C)n1-2. The largest absolute Gasteiger partial charge is 0.480 e. The van der Waals surface area contributed by atoms with Gasteiger partial charge in [0.15, 0.2) is 5.82 Å². The number of carbonyl (C=O) groups excluding carboxylic acids is 1. The fraction of sp³-hybridized carbons (Fsp3) is 0.348. The van der Waals surface area contributed by atoms with E-state index in [1.165, 1.54) is 0 Å². The average molecular weight is 501 g/mol. The lowest BCUT2D eigenvalue weighted by Gasteiger charge is -2.16. The molecule has 4 rings (SSSR count). The Kier molecular flexibility index (Phi) is 6.83. The second-order valence-electron chi connectivity index (χ2n) is 8.14. The number of nitrogens with two attached hydrogens (primary N) is 1. The number of halogens is 1. The summed E-state index contributed by atoms with van der Waals surface area (Å²) in [6, 6.07) is 5.67. The summed E-state index contributed by atoms with van der Waals surface area (Å²) in [6.07, 6.45) is 0.0482. The van der Waals surface area contributed by atoms with Gasteiger partial charge in [-0.15, -0.1) is 21.5 Å². The van der Waals surface area contributed by atoms with Crippen LogP contribution >= 0.6 is 22.9 Å². The Balaban J connectivity index is 1.82. The minimum atomic E-state index is -1.13. The molecule has 9 nitrogen and oxygen atoms in total. The molecular weight excluding hydrogens is 476 g/mol. The summed E-state index contributed by atoms with van der Waals surface area (Å²) in [7, 11) is 0. The first-order chi connectivity index (χ1) is 16.2. The number of thiophene rings is 1. The summed E-state index contributed by atoms with van der Waals surface area (Å²) in [4.78, 5) is 30.5. The molecule has 1 aliphatic heterocycles. The molecule has 1 aromatic carbocycles. The first-order valence-electron chi connectivity index (χ1n) is 10.8. The van der Waals surface area contributed by atoms with Gasteiger partial charge in [0.05, 0.1) is 12.1 Å². The van der Waals surface area contributed by atoms with Crippen LogP contribution in [0.4, 0.5) is 0 Å². The number of nitrogens with one attached hydrogen (secondary N) is 1. The van der Waals surface area contributed by atoms with Crippen molar-refractivity contribution in [2.45, 2.75) is 45.7 Å². The van der Waals surface area contributed by atoms with Crippen molar-refractivity contribution in [3.63, 3.8) is 0 Å². The Morgan fingerprint density at radius 2 is 1.94 bits per heavy atom. The molecule has 0 bridgehead atoms. The van der Waals surface area contributed by atoms with Crippen molar-refractivity contribution in [1.29, 1.82) is 0 Å². The summed E-state index contributed by atoms with van der Waals surface area (Å²) in [5, 5.41) is 22.1. The van der Waals surface area contributed by atoms with E-state index < -0.39 is 24.0 Å². The lowest BCUT2D eigenvalue weighted by Crippen LogP contribution is -2.42. The zero-order chi connectivity index (χ0) is 24.6. The lowest BCUT2D eigenvalue weighted by atomic mass is 9.99. The van der Waals surface area contributed by atoms with Gasteiger partial charge in [-0.25, -0.2) is 4.79 Å². The molecule has 3 aromatic rings. The number of benzene rings is 1. The minimum absolute atomic E-state index is 0.0868. The van der Waals surface area contributed by atoms with E-state index in [-0.39, 0.29) is 19.4 Å². The number of aliphatic carboxylic acids is 1. The maximum atomic E-state index is 12.9. The van der Waals surface area contributed by atoms with Crippen LogP contribution in [-0.2, 0) is 9.59 Å². The van der Waals surface area contributed by atoms with E-state index in [1.807, 2.05) is 30.5 Å². The molecule has 11 heteroatoms. The van der Waals surface area contributed by atoms with Gasteiger partial charge in [-0.3, -0.25) is 14.4 Å². The van der Waals surface area contributed by atoms with Crippen LogP contribution in [0, 0.1) is 20.8 Å². The number of carbonyl (C=O) groups is 2. The first-order valence-corrected chi connectivity index (χ1v) is 12.0. The maximum absolute atomic E-state index is 12.9. The highest BCUT2D eigenvalue weighted by Gasteiger charge is 2.33. The second kappa shape index (κ2) is 9.65. The van der Waals surface area contributed by atoms with E-state index in [2.05, 4.69) is 22.4 Å². The van der Waals surface area contributed by atoms with Crippen molar-refractivity contribution in [2.75, 3.05) is 6.54 Å². The van der Waals surface area contributed by atoms with Crippen LogP contribution in [0.3, 0.4) is 0 Å². The Hall–Kier alpha value is -3.08. The third-order valence-electron chi connectivity index (χ3n) is 5.82. The highest BCUT2D eigenvalue weighted by atomic mass is 35.5. The molecule has 1 amide bonds. The van der Waals surface area contributed by atoms with Crippen LogP contribution < -0.4 is 11.1 Å². The summed E-state index contributed by atoms with van der Waals surface area (Å²) in [5.74, 6) is -0.362. The summed E-state index contributed by atoms with van der Waals surface area (Å²) in [6.45, 7) is 6.11. The number of hydrogen-bond acceptors (Lipinski definition) is 7. The van der Waals surface area contributed by atoms with Crippen LogP contribution in [0.25, 0.3) is 5.00 Å². The van der Waals surface area contributed by atoms with Crippen LogP contribution in [0.5, 0.6) is 0 Å². The van der Waals surface area contributed by atoms with E-state index in [0.717, 1.165) is 32.3 Å². The van der Waals surface area contributed by atoms with Gasteiger partial charge in [-0.05, 0) is 51.4 Å². The van der Waals surface area contributed by atoms with Gasteiger partial charge in [0, 0.05) is 21.0 Å². The zero-order valence-electron chi connectivity index (χ0n) is 19.0. The van der Waals surface area contributed by atoms with Crippen LogP contribution in [0.2, 0.25) is 5.02 Å². The van der Waals surface area contributed by atoms with Gasteiger partial charge in [0.2, 0.25) is 5.91 Å². The Bertz CT molecular complexity index is 1280. The molecule has 178 valence electrons. The van der Waals surface area contributed by atoms with Crippen molar-refractivity contribution in [1.82, 2.24) is 20.1 Å². The molecule has 0 aliphatic carbocycles. The number of nitrogens with zero attached hydrogens (tertiary/aromatic N) is 4. The van der Waals surface area contributed by atoms with Gasteiger partial charge in [-0.1, -0.05) is 23.7 Å². The number of fused-ring (bicyclic) bond motifs is 3. The van der Waals surface area contributed by atoms with Gasteiger partial charge in [-0.2, -0.15) is 0 Å². The smallest absolute Gasteiger partial charge is 0.326 e. The molecule has 4 N–H and O–H groups in total. The molecule has 0 fully saturated rings. The Labute approximate surface area is 205 Å². The first kappa shape index (κ1) is 24.1. The molecule has 0 saturated heterocycles. The molecule has 0 spiro atoms. The van der Waals surface area contributed by atoms with E-state index in [9.17, 15) is 14.7 Å². The van der Waals surface area contributed by atoms with E-state index in [0.29, 0.717) is 16.7 Å². The van der Waals surface area contributed by atoms with Crippen LogP contribution in [-0.4, -0.2) is 50.0 Å². The highest BCUT2D eigenvalue weighted by molar-refractivity contribution is 7.15. The molecule has 1 unspecified atom stereocenters. The fourth-order valence-electron chi connectivity index (χ4n) is 3.99. The minimum Gasteiger partial charge on any atom is -0.480 e. The van der Waals surface area contributed by atoms with Crippen molar-refractivity contribution in [3.05, 3.63) is 62.5 Å². The van der Waals surface area contributed by atoms with Gasteiger partial charge in [0.25, 0.3) is 0 Å². The normalized spacial score (nSPS) is 15.7. The van der Waals surface area contributed by atoms with E-state index in [1.54, 1.807) is 23.5 Å². The molecule has 1 aliphatic rings. The molecule has 34 heavy (non-hydrogen) atoms. The molecular formula is C23H25ClN6O3S. The topological polar surface area (TPSA) is 135 Å². The van der Waals surface area contributed by atoms with Gasteiger partial charge < -0.3 is 16.2 Å². The van der Waals surface area contributed by atoms with Crippen LogP contribution in [0.1, 0.15) is 52.1 Å². The third kappa shape index (κ3) is 4.48. The lowest BCUT2D eigenvalue weighted by molar-refractivity contribution is -0.142. The van der Waals surface area contributed by atoms with Crippen molar-refractivity contribution >= 4 is 40.5 Å². The van der Waals surface area contributed by atoms with E-state index >= 15 is 0 Å². The van der Waals surface area contributed by atoms with Gasteiger partial charge >= 0.3 is 5.97 Å². The number of hydrogen-bond donors (Lipinski definition) is 3. The molecule has 2 atom stereocenters. The number of aliphatic imine (C=N–C) groups is 1. The summed E-state index contributed by atoms with van der Waals surface area (Å²) in [5.41, 5.74) is 9.15. The van der Waals surface area contributed by atoms with Crippen molar-refractivity contribution < 1.29 is 14.7 Å². The number of amides is 1. The molecule has 3 heterocycles. The summed E-state index contributed by atoms with van der Waals surface area (Å²) >= 11 is 7.74. The predicted octanol–water partition coefficient (Wildman–Crippen LogP) is 3.11. The van der Waals surface area contributed by atoms with Crippen molar-refractivity contribution in [2.24, 2.45) is 10.7 Å². The monoisotopic (exact) mass is 500 g/mol. The number of aromatic nitrogens is 3. The third-order valence-corrected chi connectivity index (χ3v) is 7.27. The van der Waals surface area contributed by atoms with Crippen molar-refractivity contribution in [3.8, 4) is 5.00 Å². The van der Waals surface area contributed by atoms with Gasteiger partial charge in [0.1, 0.15) is 22.9 Å². The standard InChI is InChI=1S/C23H25ClN6O3S/c1-11-12(2)34-22-19(11)20(14-4-6-15(24)7-5-14)27-17(21-29-28-13(3)30(21)22)10-18(31)26-16(8-9-25)23(32)33/h4-7,16-17H,8-10,25H2,1-3H3,(H,26,31)(H,32,33)/t16?,17-/m0/s1. The average Bonchev–Trinajstić information content (AvgIpc) is 3.26. The second-order valence-corrected chi connectivity index (χ2v) is 9.78. The fourth-order valence-corrected chi connectivity index (χ4v) is 5.33. The number of rotatable bonds is 7. The predicted molar refractivity (Wildman–Crippen MR) is 131 cm³/mol. The van der Waals surface area contributed by atoms with E-state index in [4.69, 9.17) is 22.3 Å². The summed E-state index contributed by atoms with van der Waals surface area (Å²) < 4.78 is 1.94. The number of aryl methyl sites for hydroxylation is 2. The number of carboxylic acids is 1. The zero-order valence-corrected chi connectivity index (χ0v) is 20.6. The number of carboxylic acid groups (broad SMARTS) is 1. The Morgan fingerprint density at radius 1 is 1.24 bits per heavy atom. The maximum Gasteiger partial charge on any atom is 0.326 e. The Morgan fingerprint density at radius 3 is 2.59 bits per heavy atom.